The fourth-order valence-corrected chi connectivity index (χ4v) is 8.38. The van der Waals surface area contributed by atoms with Gasteiger partial charge in [-0.05, 0) is 62.3 Å². The number of anilines is 1. The van der Waals surface area contributed by atoms with Crippen molar-refractivity contribution in [1.82, 2.24) is 19.9 Å². The monoisotopic (exact) mass is 571 g/mol. The van der Waals surface area contributed by atoms with Crippen LogP contribution in [0.25, 0.3) is 20.4 Å². The number of aromatic nitrogens is 3. The van der Waals surface area contributed by atoms with Gasteiger partial charge >= 0.3 is 0 Å². The number of thiophene rings is 1. The lowest BCUT2D eigenvalue weighted by molar-refractivity contribution is -0.118. The first-order valence-corrected chi connectivity index (χ1v) is 15.8. The molecular formula is C25H25N5O3S4. The summed E-state index contributed by atoms with van der Waals surface area (Å²) in [6.45, 7) is 0. The Labute approximate surface area is 229 Å². The van der Waals surface area contributed by atoms with E-state index in [4.69, 9.17) is 4.98 Å². The van der Waals surface area contributed by atoms with Crippen molar-refractivity contribution in [2.45, 2.75) is 54.1 Å². The molecule has 2 aliphatic rings. The summed E-state index contributed by atoms with van der Waals surface area (Å²) in [7, 11) is 1.73. The summed E-state index contributed by atoms with van der Waals surface area (Å²) >= 11 is 5.83. The molecule has 0 atom stereocenters. The lowest BCUT2D eigenvalue weighted by Crippen LogP contribution is -2.26. The minimum Gasteiger partial charge on any atom is -0.353 e. The molecule has 0 aliphatic heterocycles. The van der Waals surface area contributed by atoms with Gasteiger partial charge in [0.05, 0.1) is 27.1 Å². The standard InChI is InChI=1S/C25H25N5O3S4/c1-30-23(33)21-15-4-2-3-5-17(15)36-22(21)29-24(30)34-11-19(31)27-14-8-9-16-18(10-14)37-25(28-16)35-12-20(32)26-13-6-7-13/h8-10,13H,2-7,11-12H2,1H3,(H,26,32)(H,27,31). The second kappa shape index (κ2) is 10.4. The fourth-order valence-electron chi connectivity index (χ4n) is 4.39. The van der Waals surface area contributed by atoms with E-state index in [0.717, 1.165) is 63.3 Å². The second-order valence-corrected chi connectivity index (χ2v) is 13.6. The number of nitrogens with zero attached hydrogens (tertiary/aromatic N) is 3. The van der Waals surface area contributed by atoms with Crippen LogP contribution in [-0.2, 0) is 29.5 Å². The maximum Gasteiger partial charge on any atom is 0.262 e. The Morgan fingerprint density at radius 1 is 1.08 bits per heavy atom. The number of benzene rings is 1. The van der Waals surface area contributed by atoms with Crippen molar-refractivity contribution in [3.8, 4) is 0 Å². The van der Waals surface area contributed by atoms with Crippen LogP contribution in [0, 0.1) is 0 Å². The van der Waals surface area contributed by atoms with E-state index in [0.29, 0.717) is 22.6 Å². The molecule has 2 N–H and O–H groups in total. The number of carbonyl (C=O) groups excluding carboxylic acids is 2. The van der Waals surface area contributed by atoms with Crippen LogP contribution in [0.2, 0.25) is 0 Å². The van der Waals surface area contributed by atoms with Crippen LogP contribution < -0.4 is 16.2 Å². The van der Waals surface area contributed by atoms with E-state index < -0.39 is 0 Å². The van der Waals surface area contributed by atoms with Crippen LogP contribution in [0.4, 0.5) is 5.69 Å². The highest BCUT2D eigenvalue weighted by atomic mass is 32.2. The second-order valence-electron chi connectivity index (χ2n) is 9.28. The molecule has 1 fully saturated rings. The summed E-state index contributed by atoms with van der Waals surface area (Å²) in [5.41, 5.74) is 2.68. The van der Waals surface area contributed by atoms with E-state index in [2.05, 4.69) is 15.6 Å². The maximum atomic E-state index is 13.1. The first-order valence-electron chi connectivity index (χ1n) is 12.2. The average molecular weight is 572 g/mol. The van der Waals surface area contributed by atoms with Crippen LogP contribution in [-0.4, -0.2) is 43.9 Å². The molecule has 3 heterocycles. The van der Waals surface area contributed by atoms with Gasteiger partial charge < -0.3 is 10.6 Å². The predicted molar refractivity (Wildman–Crippen MR) is 152 cm³/mol. The van der Waals surface area contributed by atoms with Crippen molar-refractivity contribution in [2.75, 3.05) is 16.8 Å². The zero-order valence-corrected chi connectivity index (χ0v) is 23.4. The van der Waals surface area contributed by atoms with Gasteiger partial charge in [0.15, 0.2) is 9.50 Å². The van der Waals surface area contributed by atoms with Gasteiger partial charge in [-0.2, -0.15) is 0 Å². The van der Waals surface area contributed by atoms with Crippen LogP contribution in [0.1, 0.15) is 36.1 Å². The summed E-state index contributed by atoms with van der Waals surface area (Å²) in [6.07, 6.45) is 6.39. The van der Waals surface area contributed by atoms with Crippen LogP contribution in [0.3, 0.4) is 0 Å². The Balaban J connectivity index is 1.09. The molecular weight excluding hydrogens is 547 g/mol. The highest BCUT2D eigenvalue weighted by molar-refractivity contribution is 8.01. The first kappa shape index (κ1) is 24.9. The number of carbonyl (C=O) groups is 2. The van der Waals surface area contributed by atoms with Gasteiger partial charge in [0.1, 0.15) is 4.83 Å². The van der Waals surface area contributed by atoms with Crippen LogP contribution in [0.5, 0.6) is 0 Å². The third-order valence-electron chi connectivity index (χ3n) is 6.41. The van der Waals surface area contributed by atoms with Crippen molar-refractivity contribution in [3.05, 3.63) is 39.0 Å². The largest absolute Gasteiger partial charge is 0.353 e. The quantitative estimate of drug-likeness (QED) is 0.235. The summed E-state index contributed by atoms with van der Waals surface area (Å²) in [5.74, 6) is 0.379. The molecule has 1 saturated carbocycles. The summed E-state index contributed by atoms with van der Waals surface area (Å²) in [5, 5.41) is 7.23. The zero-order valence-electron chi connectivity index (χ0n) is 20.2. The normalized spacial score (nSPS) is 15.2. The summed E-state index contributed by atoms with van der Waals surface area (Å²) in [4.78, 5) is 49.1. The number of fused-ring (bicyclic) bond motifs is 4. The van der Waals surface area contributed by atoms with E-state index >= 15 is 0 Å². The van der Waals surface area contributed by atoms with Gasteiger partial charge in [0.25, 0.3) is 5.56 Å². The molecule has 0 spiro atoms. The fraction of sp³-hybridized carbons (Fsp3) is 0.400. The average Bonchev–Trinajstić information content (AvgIpc) is 3.47. The first-order chi connectivity index (χ1) is 17.9. The Bertz CT molecular complexity index is 1590. The third-order valence-corrected chi connectivity index (χ3v) is 10.8. The van der Waals surface area contributed by atoms with E-state index in [-0.39, 0.29) is 23.1 Å². The zero-order chi connectivity index (χ0) is 25.5. The molecule has 2 amide bonds. The Kier molecular flexibility index (Phi) is 6.99. The molecule has 4 aromatic rings. The molecule has 0 saturated heterocycles. The maximum absolute atomic E-state index is 13.1. The van der Waals surface area contributed by atoms with Crippen LogP contribution >= 0.6 is 46.2 Å². The van der Waals surface area contributed by atoms with Gasteiger partial charge in [0.2, 0.25) is 11.8 Å². The van der Waals surface area contributed by atoms with Crippen LogP contribution in [0.15, 0.2) is 32.5 Å². The summed E-state index contributed by atoms with van der Waals surface area (Å²) < 4.78 is 3.35. The van der Waals surface area contributed by atoms with Gasteiger partial charge in [0, 0.05) is 23.7 Å². The molecule has 3 aromatic heterocycles. The number of amides is 2. The number of aryl methyl sites for hydroxylation is 2. The Morgan fingerprint density at radius 3 is 2.73 bits per heavy atom. The topological polar surface area (TPSA) is 106 Å². The van der Waals surface area contributed by atoms with E-state index in [1.165, 1.54) is 45.3 Å². The smallest absolute Gasteiger partial charge is 0.262 e. The van der Waals surface area contributed by atoms with Crippen molar-refractivity contribution in [1.29, 1.82) is 0 Å². The van der Waals surface area contributed by atoms with Crippen molar-refractivity contribution in [3.63, 3.8) is 0 Å². The van der Waals surface area contributed by atoms with Gasteiger partial charge in [-0.3, -0.25) is 19.0 Å². The van der Waals surface area contributed by atoms with Gasteiger partial charge in [-0.25, -0.2) is 9.97 Å². The minimum absolute atomic E-state index is 0.0263. The third kappa shape index (κ3) is 5.43. The van der Waals surface area contributed by atoms with Crippen molar-refractivity contribution in [2.24, 2.45) is 7.05 Å². The van der Waals surface area contributed by atoms with Crippen molar-refractivity contribution >= 4 is 84.1 Å². The lowest BCUT2D eigenvalue weighted by atomic mass is 9.97. The predicted octanol–water partition coefficient (Wildman–Crippen LogP) is 4.59. The number of thiazole rings is 1. The number of nitrogens with one attached hydrogen (secondary N) is 2. The molecule has 192 valence electrons. The molecule has 37 heavy (non-hydrogen) atoms. The molecule has 6 rings (SSSR count). The van der Waals surface area contributed by atoms with Gasteiger partial charge in [-0.15, -0.1) is 22.7 Å². The molecule has 1 aromatic carbocycles. The van der Waals surface area contributed by atoms with Gasteiger partial charge in [-0.1, -0.05) is 23.5 Å². The minimum atomic E-state index is -0.167. The molecule has 12 heteroatoms. The summed E-state index contributed by atoms with van der Waals surface area (Å²) in [6, 6.07) is 5.97. The molecule has 0 bridgehead atoms. The van der Waals surface area contributed by atoms with E-state index in [1.54, 1.807) is 23.0 Å². The molecule has 0 unspecified atom stereocenters. The SMILES string of the molecule is Cn1c(SCC(=O)Nc2ccc3nc(SCC(=O)NC4CC4)sc3c2)nc2sc3c(c2c1=O)CCCC3. The molecule has 2 aliphatic carbocycles. The molecule has 8 nitrogen and oxygen atoms in total. The number of thioether (sulfide) groups is 2. The highest BCUT2D eigenvalue weighted by Gasteiger charge is 2.23. The number of rotatable bonds is 8. The number of hydrogen-bond acceptors (Lipinski definition) is 9. The number of hydrogen-bond donors (Lipinski definition) is 2. The lowest BCUT2D eigenvalue weighted by Gasteiger charge is -2.11. The van der Waals surface area contributed by atoms with E-state index in [1.807, 2.05) is 18.2 Å². The molecule has 0 radical (unpaired) electrons. The van der Waals surface area contributed by atoms with E-state index in [9.17, 15) is 14.4 Å². The Hall–Kier alpha value is -2.41. The van der Waals surface area contributed by atoms with Crippen molar-refractivity contribution < 1.29 is 9.59 Å². The highest BCUT2D eigenvalue weighted by Crippen LogP contribution is 2.35. The Morgan fingerprint density at radius 2 is 1.89 bits per heavy atom.